The van der Waals surface area contributed by atoms with Crippen molar-refractivity contribution in [3.63, 3.8) is 0 Å². The molecule has 0 radical (unpaired) electrons. The van der Waals surface area contributed by atoms with E-state index in [2.05, 4.69) is 9.88 Å². The third kappa shape index (κ3) is 5.20. The third-order valence-corrected chi connectivity index (χ3v) is 7.28. The number of methoxy groups -OCH3 is 1. The highest BCUT2D eigenvalue weighted by Gasteiger charge is 2.27. The SMILES string of the molecule is COc1ccnc(N2CCN(C(=O)Cn3nc(-c4ccc(F)c(C)c4)nc3C3CCCCC3)CC2)c1. The van der Waals surface area contributed by atoms with Crippen LogP contribution in [0.25, 0.3) is 11.4 Å². The van der Waals surface area contributed by atoms with Gasteiger partial charge in [0.25, 0.3) is 0 Å². The maximum Gasteiger partial charge on any atom is 0.244 e. The Morgan fingerprint density at radius 2 is 1.86 bits per heavy atom. The zero-order chi connectivity index (χ0) is 25.1. The second-order valence-corrected chi connectivity index (χ2v) is 9.67. The van der Waals surface area contributed by atoms with Crippen LogP contribution < -0.4 is 9.64 Å². The fourth-order valence-electron chi connectivity index (χ4n) is 5.15. The van der Waals surface area contributed by atoms with Gasteiger partial charge in [-0.2, -0.15) is 5.10 Å². The number of pyridine rings is 1. The van der Waals surface area contributed by atoms with Crippen molar-refractivity contribution in [1.29, 1.82) is 0 Å². The minimum absolute atomic E-state index is 0.0389. The average Bonchev–Trinajstić information content (AvgIpc) is 3.34. The predicted molar refractivity (Wildman–Crippen MR) is 136 cm³/mol. The molecular weight excluding hydrogens is 459 g/mol. The fraction of sp³-hybridized carbons (Fsp3) is 0.481. The molecule has 36 heavy (non-hydrogen) atoms. The van der Waals surface area contributed by atoms with Crippen LogP contribution in [0.15, 0.2) is 36.5 Å². The normalized spacial score (nSPS) is 16.9. The van der Waals surface area contributed by atoms with Gasteiger partial charge in [-0.25, -0.2) is 19.0 Å². The Kier molecular flexibility index (Phi) is 7.16. The number of benzene rings is 1. The molecule has 0 bridgehead atoms. The smallest absolute Gasteiger partial charge is 0.244 e. The van der Waals surface area contributed by atoms with Crippen LogP contribution in [0.4, 0.5) is 10.2 Å². The van der Waals surface area contributed by atoms with Crippen molar-refractivity contribution in [2.24, 2.45) is 0 Å². The van der Waals surface area contributed by atoms with Crippen LogP contribution in [0.5, 0.6) is 5.75 Å². The summed E-state index contributed by atoms with van der Waals surface area (Å²) in [6.45, 7) is 4.56. The topological polar surface area (TPSA) is 76.4 Å². The monoisotopic (exact) mass is 492 g/mol. The van der Waals surface area contributed by atoms with Crippen LogP contribution in [0.1, 0.15) is 49.4 Å². The molecule has 1 aliphatic heterocycles. The number of aromatic nitrogens is 4. The maximum absolute atomic E-state index is 13.8. The predicted octanol–water partition coefficient (Wildman–Crippen LogP) is 4.19. The Hall–Kier alpha value is -3.49. The van der Waals surface area contributed by atoms with E-state index in [4.69, 9.17) is 14.8 Å². The lowest BCUT2D eigenvalue weighted by atomic mass is 9.88. The Balaban J connectivity index is 1.31. The van der Waals surface area contributed by atoms with Crippen molar-refractivity contribution in [1.82, 2.24) is 24.6 Å². The Morgan fingerprint density at radius 1 is 1.08 bits per heavy atom. The van der Waals surface area contributed by atoms with Gasteiger partial charge >= 0.3 is 0 Å². The third-order valence-electron chi connectivity index (χ3n) is 7.28. The summed E-state index contributed by atoms with van der Waals surface area (Å²) >= 11 is 0. The number of hydrogen-bond donors (Lipinski definition) is 0. The van der Waals surface area contributed by atoms with E-state index < -0.39 is 0 Å². The Morgan fingerprint density at radius 3 is 2.58 bits per heavy atom. The van der Waals surface area contributed by atoms with Crippen LogP contribution in [-0.2, 0) is 11.3 Å². The largest absolute Gasteiger partial charge is 0.497 e. The number of carbonyl (C=O) groups is 1. The van der Waals surface area contributed by atoms with E-state index in [1.807, 2.05) is 17.0 Å². The van der Waals surface area contributed by atoms with E-state index in [0.717, 1.165) is 48.6 Å². The summed E-state index contributed by atoms with van der Waals surface area (Å²) in [6.07, 6.45) is 7.42. The number of amides is 1. The van der Waals surface area contributed by atoms with Gasteiger partial charge in [0.05, 0.1) is 7.11 Å². The van der Waals surface area contributed by atoms with E-state index >= 15 is 0 Å². The summed E-state index contributed by atoms with van der Waals surface area (Å²) in [7, 11) is 1.64. The summed E-state index contributed by atoms with van der Waals surface area (Å²) in [5.41, 5.74) is 1.33. The molecule has 1 aliphatic carbocycles. The quantitative estimate of drug-likeness (QED) is 0.514. The maximum atomic E-state index is 13.8. The summed E-state index contributed by atoms with van der Waals surface area (Å²) in [5, 5.41) is 4.74. The fourth-order valence-corrected chi connectivity index (χ4v) is 5.15. The standard InChI is InChI=1S/C27H33FN6O2/c1-19-16-21(8-9-23(19)28)26-30-27(20-6-4-3-5-7-20)34(31-26)18-25(35)33-14-12-32(13-15-33)24-17-22(36-2)10-11-29-24/h8-11,16-17,20H,3-7,12-15,18H2,1-2H3. The van der Waals surface area contributed by atoms with Gasteiger partial charge < -0.3 is 14.5 Å². The molecule has 8 nitrogen and oxygen atoms in total. The number of nitrogens with zero attached hydrogens (tertiary/aromatic N) is 6. The van der Waals surface area contributed by atoms with Crippen molar-refractivity contribution in [2.75, 3.05) is 38.2 Å². The van der Waals surface area contributed by atoms with E-state index in [1.165, 1.54) is 12.5 Å². The average molecular weight is 493 g/mol. The first kappa shape index (κ1) is 24.2. The van der Waals surface area contributed by atoms with E-state index in [-0.39, 0.29) is 18.3 Å². The molecule has 2 aromatic heterocycles. The molecule has 5 rings (SSSR count). The molecule has 3 heterocycles. The zero-order valence-corrected chi connectivity index (χ0v) is 21.0. The van der Waals surface area contributed by atoms with Crippen molar-refractivity contribution in [3.05, 3.63) is 53.7 Å². The molecule has 190 valence electrons. The van der Waals surface area contributed by atoms with E-state index in [1.54, 1.807) is 37.0 Å². The Bertz CT molecular complexity index is 1210. The Labute approximate surface area is 211 Å². The molecule has 0 atom stereocenters. The molecular formula is C27H33FN6O2. The van der Waals surface area contributed by atoms with Gasteiger partial charge in [-0.15, -0.1) is 0 Å². The molecule has 2 fully saturated rings. The number of piperazine rings is 1. The number of halogens is 1. The molecule has 1 saturated carbocycles. The van der Waals surface area contributed by atoms with Crippen LogP contribution in [0, 0.1) is 12.7 Å². The number of rotatable bonds is 6. The highest BCUT2D eigenvalue weighted by atomic mass is 19.1. The van der Waals surface area contributed by atoms with Gasteiger partial charge in [-0.05, 0) is 49.6 Å². The van der Waals surface area contributed by atoms with Gasteiger partial charge in [-0.3, -0.25) is 4.79 Å². The highest BCUT2D eigenvalue weighted by molar-refractivity contribution is 5.76. The molecule has 3 aromatic rings. The number of ether oxygens (including phenoxy) is 1. The van der Waals surface area contributed by atoms with Crippen molar-refractivity contribution >= 4 is 11.7 Å². The van der Waals surface area contributed by atoms with E-state index in [0.29, 0.717) is 43.5 Å². The van der Waals surface area contributed by atoms with Crippen LogP contribution >= 0.6 is 0 Å². The highest BCUT2D eigenvalue weighted by Crippen LogP contribution is 2.33. The molecule has 2 aliphatic rings. The zero-order valence-electron chi connectivity index (χ0n) is 21.0. The van der Waals surface area contributed by atoms with Gasteiger partial charge in [0.2, 0.25) is 5.91 Å². The number of anilines is 1. The number of hydrogen-bond acceptors (Lipinski definition) is 6. The molecule has 0 N–H and O–H groups in total. The second-order valence-electron chi connectivity index (χ2n) is 9.67. The summed E-state index contributed by atoms with van der Waals surface area (Å²) < 4.78 is 20.9. The number of carbonyl (C=O) groups excluding carboxylic acids is 1. The van der Waals surface area contributed by atoms with Gasteiger partial charge in [-0.1, -0.05) is 19.3 Å². The summed E-state index contributed by atoms with van der Waals surface area (Å²) in [5.74, 6) is 3.15. The van der Waals surface area contributed by atoms with Crippen molar-refractivity contribution < 1.29 is 13.9 Å². The van der Waals surface area contributed by atoms with Crippen LogP contribution in [-0.4, -0.2) is 63.8 Å². The van der Waals surface area contributed by atoms with Crippen molar-refractivity contribution in [3.8, 4) is 17.1 Å². The molecule has 0 unspecified atom stereocenters. The summed E-state index contributed by atoms with van der Waals surface area (Å²) in [4.78, 5) is 26.7. The van der Waals surface area contributed by atoms with Crippen LogP contribution in [0.3, 0.4) is 0 Å². The van der Waals surface area contributed by atoms with Gasteiger partial charge in [0, 0.05) is 49.9 Å². The lowest BCUT2D eigenvalue weighted by Crippen LogP contribution is -2.50. The molecule has 0 spiro atoms. The molecule has 1 aromatic carbocycles. The summed E-state index contributed by atoms with van der Waals surface area (Å²) in [6, 6.07) is 8.68. The lowest BCUT2D eigenvalue weighted by Gasteiger charge is -2.35. The number of aryl methyl sites for hydroxylation is 1. The molecule has 1 saturated heterocycles. The molecule has 9 heteroatoms. The first-order chi connectivity index (χ1) is 17.5. The van der Waals surface area contributed by atoms with Crippen LogP contribution in [0.2, 0.25) is 0 Å². The van der Waals surface area contributed by atoms with Crippen molar-refractivity contribution in [2.45, 2.75) is 51.5 Å². The lowest BCUT2D eigenvalue weighted by molar-refractivity contribution is -0.132. The minimum Gasteiger partial charge on any atom is -0.497 e. The second kappa shape index (κ2) is 10.6. The van der Waals surface area contributed by atoms with Gasteiger partial charge in [0.1, 0.15) is 29.8 Å². The minimum atomic E-state index is -0.246. The first-order valence-electron chi connectivity index (χ1n) is 12.8. The first-order valence-corrected chi connectivity index (χ1v) is 12.8. The van der Waals surface area contributed by atoms with Gasteiger partial charge in [0.15, 0.2) is 5.82 Å². The van der Waals surface area contributed by atoms with E-state index in [9.17, 15) is 9.18 Å². The molecule has 1 amide bonds.